The minimum absolute atomic E-state index is 0.0140. The molecule has 0 fully saturated rings. The van der Waals surface area contributed by atoms with E-state index >= 15 is 0 Å². The van der Waals surface area contributed by atoms with Gasteiger partial charge in [-0.3, -0.25) is 9.59 Å². The van der Waals surface area contributed by atoms with Gasteiger partial charge < -0.3 is 19.9 Å². The fraction of sp³-hybridized carbons (Fsp3) is 0.417. The maximum Gasteiger partial charge on any atom is 0.227 e. The van der Waals surface area contributed by atoms with Crippen molar-refractivity contribution in [2.24, 2.45) is 0 Å². The van der Waals surface area contributed by atoms with Crippen LogP contribution in [0.15, 0.2) is 53.4 Å². The lowest BCUT2D eigenvalue weighted by molar-refractivity contribution is -0.122. The standard InChI is InChI=1S/C24H31N3O3S/c1-3-26(4-2)15-17-30-20-11-9-19(10-12-20)25-23(28)13-14-24(29)27-16-18-31-22-8-6-5-7-21(22)27/h5-12H,3-4,13-18H2,1-2H3,(H,25,28). The molecule has 7 heteroatoms. The number of carbonyl (C=O) groups is 2. The smallest absolute Gasteiger partial charge is 0.227 e. The van der Waals surface area contributed by atoms with Gasteiger partial charge in [-0.2, -0.15) is 0 Å². The van der Waals surface area contributed by atoms with E-state index in [1.54, 1.807) is 16.7 Å². The third kappa shape index (κ3) is 6.74. The van der Waals surface area contributed by atoms with Gasteiger partial charge >= 0.3 is 0 Å². The van der Waals surface area contributed by atoms with E-state index in [9.17, 15) is 9.59 Å². The van der Waals surface area contributed by atoms with Crippen LogP contribution < -0.4 is 15.0 Å². The zero-order valence-corrected chi connectivity index (χ0v) is 19.1. The van der Waals surface area contributed by atoms with Crippen molar-refractivity contribution in [2.75, 3.05) is 48.8 Å². The Balaban J connectivity index is 1.43. The van der Waals surface area contributed by atoms with E-state index in [4.69, 9.17) is 4.74 Å². The van der Waals surface area contributed by atoms with Crippen LogP contribution >= 0.6 is 11.8 Å². The van der Waals surface area contributed by atoms with E-state index < -0.39 is 0 Å². The van der Waals surface area contributed by atoms with Crippen molar-refractivity contribution in [1.82, 2.24) is 4.90 Å². The van der Waals surface area contributed by atoms with E-state index in [1.807, 2.05) is 48.5 Å². The number of fused-ring (bicyclic) bond motifs is 1. The molecular formula is C24H31N3O3S. The molecule has 2 aromatic carbocycles. The van der Waals surface area contributed by atoms with Crippen LogP contribution in [0.3, 0.4) is 0 Å². The number of rotatable bonds is 10. The molecule has 0 bridgehead atoms. The van der Waals surface area contributed by atoms with Crippen molar-refractivity contribution in [2.45, 2.75) is 31.6 Å². The van der Waals surface area contributed by atoms with Gasteiger partial charge in [-0.05, 0) is 49.5 Å². The molecule has 0 saturated carbocycles. The first-order valence-electron chi connectivity index (χ1n) is 10.9. The Hall–Kier alpha value is -2.51. The number of hydrogen-bond donors (Lipinski definition) is 1. The average Bonchev–Trinajstić information content (AvgIpc) is 2.81. The molecule has 0 radical (unpaired) electrons. The van der Waals surface area contributed by atoms with Gasteiger partial charge in [0, 0.05) is 42.3 Å². The quantitative estimate of drug-likeness (QED) is 0.597. The van der Waals surface area contributed by atoms with Crippen LogP contribution in [0.25, 0.3) is 0 Å². The van der Waals surface area contributed by atoms with Crippen molar-refractivity contribution < 1.29 is 14.3 Å². The summed E-state index contributed by atoms with van der Waals surface area (Å²) in [4.78, 5) is 30.2. The Morgan fingerprint density at radius 1 is 1.06 bits per heavy atom. The Labute approximate surface area is 188 Å². The molecule has 3 rings (SSSR count). The number of para-hydroxylation sites is 1. The van der Waals surface area contributed by atoms with Crippen molar-refractivity contribution in [3.8, 4) is 5.75 Å². The average molecular weight is 442 g/mol. The second-order valence-corrected chi connectivity index (χ2v) is 8.45. The van der Waals surface area contributed by atoms with Crippen LogP contribution in [-0.4, -0.2) is 55.3 Å². The number of ether oxygens (including phenoxy) is 1. The van der Waals surface area contributed by atoms with Gasteiger partial charge in [-0.1, -0.05) is 26.0 Å². The first kappa shape index (κ1) is 23.2. The molecule has 0 spiro atoms. The number of nitrogens with one attached hydrogen (secondary N) is 1. The summed E-state index contributed by atoms with van der Waals surface area (Å²) in [6.45, 7) is 8.50. The molecule has 0 saturated heterocycles. The molecular weight excluding hydrogens is 410 g/mol. The second-order valence-electron chi connectivity index (χ2n) is 7.31. The third-order valence-corrected chi connectivity index (χ3v) is 6.35. The number of thioether (sulfide) groups is 1. The predicted octanol–water partition coefficient (Wildman–Crippen LogP) is 4.26. The summed E-state index contributed by atoms with van der Waals surface area (Å²) in [6, 6.07) is 15.3. The van der Waals surface area contributed by atoms with Crippen molar-refractivity contribution >= 4 is 35.0 Å². The van der Waals surface area contributed by atoms with Gasteiger partial charge in [0.2, 0.25) is 11.8 Å². The van der Waals surface area contributed by atoms with Crippen molar-refractivity contribution in [1.29, 1.82) is 0 Å². The third-order valence-electron chi connectivity index (χ3n) is 5.30. The van der Waals surface area contributed by atoms with Gasteiger partial charge in [0.25, 0.3) is 0 Å². The lowest BCUT2D eigenvalue weighted by atomic mass is 10.2. The van der Waals surface area contributed by atoms with Crippen LogP contribution in [0.1, 0.15) is 26.7 Å². The first-order chi connectivity index (χ1) is 15.1. The van der Waals surface area contributed by atoms with Crippen LogP contribution in [0, 0.1) is 0 Å². The molecule has 0 unspecified atom stereocenters. The summed E-state index contributed by atoms with van der Waals surface area (Å²) in [5.74, 6) is 1.48. The monoisotopic (exact) mass is 441 g/mol. The molecule has 2 amide bonds. The molecule has 1 aliphatic rings. The summed E-state index contributed by atoms with van der Waals surface area (Å²) in [6.07, 6.45) is 0.351. The normalized spacial score (nSPS) is 13.1. The van der Waals surface area contributed by atoms with Gasteiger partial charge in [0.15, 0.2) is 0 Å². The first-order valence-corrected chi connectivity index (χ1v) is 11.9. The molecule has 2 aromatic rings. The van der Waals surface area contributed by atoms with Gasteiger partial charge in [-0.25, -0.2) is 0 Å². The lowest BCUT2D eigenvalue weighted by Gasteiger charge is -2.29. The number of anilines is 2. The van der Waals surface area contributed by atoms with E-state index in [0.717, 1.165) is 41.7 Å². The van der Waals surface area contributed by atoms with Crippen LogP contribution in [0.2, 0.25) is 0 Å². The van der Waals surface area contributed by atoms with E-state index in [0.29, 0.717) is 18.8 Å². The Kier molecular flexibility index (Phi) is 8.79. The van der Waals surface area contributed by atoms with Gasteiger partial charge in [0.1, 0.15) is 12.4 Å². The SMILES string of the molecule is CCN(CC)CCOc1ccc(NC(=O)CCC(=O)N2CCSc3ccccc32)cc1. The fourth-order valence-corrected chi connectivity index (χ4v) is 4.47. The maximum absolute atomic E-state index is 12.7. The van der Waals surface area contributed by atoms with Crippen LogP contribution in [0.5, 0.6) is 5.75 Å². The molecule has 6 nitrogen and oxygen atoms in total. The minimum atomic E-state index is -0.164. The summed E-state index contributed by atoms with van der Waals surface area (Å²) < 4.78 is 5.77. The second kappa shape index (κ2) is 11.8. The number of benzene rings is 2. The lowest BCUT2D eigenvalue weighted by Crippen LogP contribution is -2.35. The molecule has 0 aliphatic carbocycles. The zero-order chi connectivity index (χ0) is 22.1. The molecule has 0 atom stereocenters. The van der Waals surface area contributed by atoms with Crippen molar-refractivity contribution in [3.05, 3.63) is 48.5 Å². The molecule has 1 N–H and O–H groups in total. The van der Waals surface area contributed by atoms with Crippen LogP contribution in [-0.2, 0) is 9.59 Å². The largest absolute Gasteiger partial charge is 0.492 e. The highest BCUT2D eigenvalue weighted by molar-refractivity contribution is 7.99. The van der Waals surface area contributed by atoms with Gasteiger partial charge in [-0.15, -0.1) is 11.8 Å². The number of amides is 2. The Bertz CT molecular complexity index is 869. The van der Waals surface area contributed by atoms with E-state index in [1.165, 1.54) is 0 Å². The van der Waals surface area contributed by atoms with Gasteiger partial charge in [0.05, 0.1) is 5.69 Å². The summed E-state index contributed by atoms with van der Waals surface area (Å²) in [7, 11) is 0. The molecule has 0 aromatic heterocycles. The maximum atomic E-state index is 12.7. The summed E-state index contributed by atoms with van der Waals surface area (Å²) >= 11 is 1.76. The molecule has 1 heterocycles. The fourth-order valence-electron chi connectivity index (χ4n) is 3.47. The van der Waals surface area contributed by atoms with E-state index in [2.05, 4.69) is 24.1 Å². The Morgan fingerprint density at radius 2 is 1.81 bits per heavy atom. The number of nitrogens with zero attached hydrogens (tertiary/aromatic N) is 2. The molecule has 166 valence electrons. The number of carbonyl (C=O) groups excluding carboxylic acids is 2. The van der Waals surface area contributed by atoms with Crippen molar-refractivity contribution in [3.63, 3.8) is 0 Å². The molecule has 1 aliphatic heterocycles. The highest BCUT2D eigenvalue weighted by Gasteiger charge is 2.22. The summed E-state index contributed by atoms with van der Waals surface area (Å²) in [5.41, 5.74) is 1.65. The van der Waals surface area contributed by atoms with Crippen LogP contribution in [0.4, 0.5) is 11.4 Å². The number of hydrogen-bond acceptors (Lipinski definition) is 5. The topological polar surface area (TPSA) is 61.9 Å². The summed E-state index contributed by atoms with van der Waals surface area (Å²) in [5, 5.41) is 2.86. The highest BCUT2D eigenvalue weighted by atomic mass is 32.2. The zero-order valence-electron chi connectivity index (χ0n) is 18.3. The predicted molar refractivity (Wildman–Crippen MR) is 127 cm³/mol. The Morgan fingerprint density at radius 3 is 2.55 bits per heavy atom. The minimum Gasteiger partial charge on any atom is -0.492 e. The highest BCUT2D eigenvalue weighted by Crippen LogP contribution is 2.34. The molecule has 31 heavy (non-hydrogen) atoms. The number of likely N-dealkylation sites (N-methyl/N-ethyl adjacent to an activating group) is 1. The van der Waals surface area contributed by atoms with E-state index in [-0.39, 0.29) is 24.7 Å².